The molecule has 0 unspecified atom stereocenters. The van der Waals surface area contributed by atoms with Crippen molar-refractivity contribution in [2.45, 2.75) is 25.2 Å². The molecule has 3 rings (SSSR count). The van der Waals surface area contributed by atoms with Crippen LogP contribution >= 0.6 is 0 Å². The standard InChI is InChI=1S/C16H17NO2S/c1-12-7-8-13(2)16(11-12)20(18,19)17-10-9-14-5-3-4-6-15(14)17/h3-8,11H,9-10H2,1-2H3. The van der Waals surface area contributed by atoms with Gasteiger partial charge in [-0.1, -0.05) is 30.3 Å². The van der Waals surface area contributed by atoms with Gasteiger partial charge in [0.05, 0.1) is 10.6 Å². The van der Waals surface area contributed by atoms with E-state index in [9.17, 15) is 8.42 Å². The molecule has 0 atom stereocenters. The first-order valence-electron chi connectivity index (χ1n) is 6.68. The molecule has 0 amide bonds. The summed E-state index contributed by atoms with van der Waals surface area (Å²) in [6.07, 6.45) is 0.778. The van der Waals surface area contributed by atoms with Crippen LogP contribution < -0.4 is 4.31 Å². The minimum Gasteiger partial charge on any atom is -0.266 e. The van der Waals surface area contributed by atoms with E-state index in [1.807, 2.05) is 50.2 Å². The smallest absolute Gasteiger partial charge is 0.264 e. The zero-order valence-electron chi connectivity index (χ0n) is 11.6. The molecule has 4 heteroatoms. The third kappa shape index (κ3) is 2.00. The Bertz CT molecular complexity index is 766. The van der Waals surface area contributed by atoms with E-state index in [0.29, 0.717) is 11.4 Å². The predicted octanol–water partition coefficient (Wildman–Crippen LogP) is 3.05. The van der Waals surface area contributed by atoms with Crippen molar-refractivity contribution in [1.29, 1.82) is 0 Å². The second-order valence-corrected chi connectivity index (χ2v) is 7.06. The molecular weight excluding hydrogens is 270 g/mol. The molecule has 1 aliphatic heterocycles. The zero-order chi connectivity index (χ0) is 14.3. The van der Waals surface area contributed by atoms with Gasteiger partial charge in [0.25, 0.3) is 10.0 Å². The van der Waals surface area contributed by atoms with E-state index in [-0.39, 0.29) is 0 Å². The summed E-state index contributed by atoms with van der Waals surface area (Å²) in [6, 6.07) is 13.3. The Morgan fingerprint density at radius 3 is 2.60 bits per heavy atom. The van der Waals surface area contributed by atoms with Crippen molar-refractivity contribution in [2.75, 3.05) is 10.8 Å². The fourth-order valence-electron chi connectivity index (χ4n) is 2.66. The SMILES string of the molecule is Cc1ccc(C)c(S(=O)(=O)N2CCc3ccccc32)c1. The number of sulfonamides is 1. The van der Waals surface area contributed by atoms with Gasteiger partial charge in [-0.3, -0.25) is 4.31 Å². The molecule has 2 aromatic rings. The van der Waals surface area contributed by atoms with Gasteiger partial charge in [0.2, 0.25) is 0 Å². The molecule has 0 radical (unpaired) electrons. The monoisotopic (exact) mass is 287 g/mol. The van der Waals surface area contributed by atoms with E-state index in [2.05, 4.69) is 0 Å². The van der Waals surface area contributed by atoms with Crippen molar-refractivity contribution in [3.63, 3.8) is 0 Å². The molecule has 0 saturated carbocycles. The molecule has 0 saturated heterocycles. The molecule has 0 bridgehead atoms. The van der Waals surface area contributed by atoms with Crippen molar-refractivity contribution in [2.24, 2.45) is 0 Å². The summed E-state index contributed by atoms with van der Waals surface area (Å²) in [5.74, 6) is 0. The Kier molecular flexibility index (Phi) is 3.05. The lowest BCUT2D eigenvalue weighted by Gasteiger charge is -2.21. The number of aryl methyl sites for hydroxylation is 2. The Hall–Kier alpha value is -1.81. The molecule has 0 fully saturated rings. The maximum atomic E-state index is 12.9. The zero-order valence-corrected chi connectivity index (χ0v) is 12.4. The van der Waals surface area contributed by atoms with Crippen molar-refractivity contribution < 1.29 is 8.42 Å². The highest BCUT2D eigenvalue weighted by Gasteiger charge is 2.31. The number of nitrogens with zero attached hydrogens (tertiary/aromatic N) is 1. The van der Waals surface area contributed by atoms with E-state index >= 15 is 0 Å². The number of hydrogen-bond acceptors (Lipinski definition) is 2. The van der Waals surface area contributed by atoms with Gasteiger partial charge in [-0.05, 0) is 49.1 Å². The molecule has 3 nitrogen and oxygen atoms in total. The normalized spacial score (nSPS) is 14.4. The highest BCUT2D eigenvalue weighted by atomic mass is 32.2. The van der Waals surface area contributed by atoms with Crippen LogP contribution in [-0.4, -0.2) is 15.0 Å². The molecule has 1 heterocycles. The average molecular weight is 287 g/mol. The van der Waals surface area contributed by atoms with Gasteiger partial charge >= 0.3 is 0 Å². The predicted molar refractivity (Wildman–Crippen MR) is 80.6 cm³/mol. The maximum Gasteiger partial charge on any atom is 0.264 e. The Labute approximate surface area is 119 Å². The summed E-state index contributed by atoms with van der Waals surface area (Å²) < 4.78 is 27.3. The Morgan fingerprint density at radius 2 is 1.80 bits per heavy atom. The fraction of sp³-hybridized carbons (Fsp3) is 0.250. The molecule has 104 valence electrons. The van der Waals surface area contributed by atoms with Crippen molar-refractivity contribution in [1.82, 2.24) is 0 Å². The summed E-state index contributed by atoms with van der Waals surface area (Å²) >= 11 is 0. The average Bonchev–Trinajstić information content (AvgIpc) is 2.86. The van der Waals surface area contributed by atoms with E-state index < -0.39 is 10.0 Å². The summed E-state index contributed by atoms with van der Waals surface area (Å²) in [6.45, 7) is 4.28. The van der Waals surface area contributed by atoms with Crippen LogP contribution in [-0.2, 0) is 16.4 Å². The van der Waals surface area contributed by atoms with Crippen LogP contribution in [0, 0.1) is 13.8 Å². The Morgan fingerprint density at radius 1 is 1.05 bits per heavy atom. The third-order valence-electron chi connectivity index (χ3n) is 3.76. The molecule has 1 aliphatic rings. The van der Waals surface area contributed by atoms with Gasteiger partial charge in [-0.15, -0.1) is 0 Å². The first kappa shape index (κ1) is 13.2. The van der Waals surface area contributed by atoms with E-state index in [1.165, 1.54) is 4.31 Å². The van der Waals surface area contributed by atoms with Gasteiger partial charge < -0.3 is 0 Å². The van der Waals surface area contributed by atoms with Crippen molar-refractivity contribution in [3.05, 3.63) is 59.2 Å². The van der Waals surface area contributed by atoms with Gasteiger partial charge in [0.15, 0.2) is 0 Å². The topological polar surface area (TPSA) is 37.4 Å². The maximum absolute atomic E-state index is 12.9. The molecule has 0 aliphatic carbocycles. The second-order valence-electron chi connectivity index (χ2n) is 5.22. The lowest BCUT2D eigenvalue weighted by Crippen LogP contribution is -2.29. The van der Waals surface area contributed by atoms with Crippen molar-refractivity contribution >= 4 is 15.7 Å². The van der Waals surface area contributed by atoms with E-state index in [1.54, 1.807) is 6.07 Å². The molecule has 0 spiro atoms. The molecule has 0 N–H and O–H groups in total. The lowest BCUT2D eigenvalue weighted by atomic mass is 10.2. The largest absolute Gasteiger partial charge is 0.266 e. The number of para-hydroxylation sites is 1. The van der Waals surface area contributed by atoms with Crippen LogP contribution in [0.5, 0.6) is 0 Å². The van der Waals surface area contributed by atoms with Crippen LogP contribution in [0.3, 0.4) is 0 Å². The number of hydrogen-bond donors (Lipinski definition) is 0. The van der Waals surface area contributed by atoms with Crippen LogP contribution in [0.4, 0.5) is 5.69 Å². The van der Waals surface area contributed by atoms with Gasteiger partial charge in [-0.2, -0.15) is 0 Å². The minimum absolute atomic E-state index is 0.411. The summed E-state index contributed by atoms with van der Waals surface area (Å²) in [5.41, 5.74) is 3.66. The highest BCUT2D eigenvalue weighted by molar-refractivity contribution is 7.93. The number of rotatable bonds is 2. The van der Waals surface area contributed by atoms with Crippen LogP contribution in [0.2, 0.25) is 0 Å². The first-order valence-corrected chi connectivity index (χ1v) is 8.12. The molecule has 0 aromatic heterocycles. The van der Waals surface area contributed by atoms with Crippen LogP contribution in [0.1, 0.15) is 16.7 Å². The van der Waals surface area contributed by atoms with E-state index in [0.717, 1.165) is 28.8 Å². The lowest BCUT2D eigenvalue weighted by molar-refractivity contribution is 0.591. The van der Waals surface area contributed by atoms with Gasteiger partial charge in [-0.25, -0.2) is 8.42 Å². The first-order chi connectivity index (χ1) is 9.50. The molecule has 20 heavy (non-hydrogen) atoms. The summed E-state index contributed by atoms with van der Waals surface area (Å²) in [7, 11) is -3.47. The summed E-state index contributed by atoms with van der Waals surface area (Å²) in [4.78, 5) is 0.411. The number of fused-ring (bicyclic) bond motifs is 1. The molecule has 2 aromatic carbocycles. The quantitative estimate of drug-likeness (QED) is 0.851. The summed E-state index contributed by atoms with van der Waals surface area (Å²) in [5, 5.41) is 0. The fourth-order valence-corrected chi connectivity index (χ4v) is 4.48. The second kappa shape index (κ2) is 4.63. The molecular formula is C16H17NO2S. The minimum atomic E-state index is -3.47. The number of benzene rings is 2. The van der Waals surface area contributed by atoms with E-state index in [4.69, 9.17) is 0 Å². The highest BCUT2D eigenvalue weighted by Crippen LogP contribution is 2.33. The van der Waals surface area contributed by atoms with Crippen LogP contribution in [0.15, 0.2) is 47.4 Å². The third-order valence-corrected chi connectivity index (χ3v) is 5.71. The van der Waals surface area contributed by atoms with Crippen LogP contribution in [0.25, 0.3) is 0 Å². The number of anilines is 1. The van der Waals surface area contributed by atoms with Gasteiger partial charge in [0, 0.05) is 6.54 Å². The van der Waals surface area contributed by atoms with Crippen molar-refractivity contribution in [3.8, 4) is 0 Å². The van der Waals surface area contributed by atoms with Gasteiger partial charge in [0.1, 0.15) is 0 Å². The Balaban J connectivity index is 2.13.